The molecule has 0 saturated heterocycles. The molecule has 1 aromatic rings. The summed E-state index contributed by atoms with van der Waals surface area (Å²) in [5, 5.41) is 0. The molecule has 78 valence electrons. The second kappa shape index (κ2) is 4.39. The largest absolute Gasteiger partial charge is 0.748 e. The van der Waals surface area contributed by atoms with Gasteiger partial charge >= 0.3 is 0 Å². The molecule has 0 amide bonds. The van der Waals surface area contributed by atoms with Crippen molar-refractivity contribution in [1.82, 2.24) is 0 Å². The Morgan fingerprint density at radius 1 is 1.36 bits per heavy atom. The van der Waals surface area contributed by atoms with Crippen LogP contribution in [0.2, 0.25) is 0 Å². The number of nitrogens with zero attached hydrogens (tertiary/aromatic N) is 1. The van der Waals surface area contributed by atoms with E-state index in [1.807, 2.05) is 0 Å². The number of aryl methyl sites for hydroxylation is 1. The Bertz CT molecular complexity index is 386. The van der Waals surface area contributed by atoms with Crippen LogP contribution in [0.1, 0.15) is 6.42 Å². The molecule has 0 radical (unpaired) electrons. The Kier molecular flexibility index (Phi) is 3.43. The molecule has 0 fully saturated rings. The predicted molar refractivity (Wildman–Crippen MR) is 50.2 cm³/mol. The molecule has 0 bridgehead atoms. The van der Waals surface area contributed by atoms with Gasteiger partial charge in [0.1, 0.15) is 6.54 Å². The Morgan fingerprint density at radius 2 is 1.93 bits per heavy atom. The van der Waals surface area contributed by atoms with Crippen LogP contribution in [0.25, 0.3) is 0 Å². The lowest BCUT2D eigenvalue weighted by Crippen LogP contribution is -2.33. The maximum absolute atomic E-state index is 10.3. The van der Waals surface area contributed by atoms with Crippen molar-refractivity contribution in [2.75, 3.05) is 11.5 Å². The quantitative estimate of drug-likeness (QED) is 0.542. The molecule has 0 aliphatic carbocycles. The monoisotopic (exact) mass is 216 g/mol. The number of hydrogen-bond acceptors (Lipinski definition) is 4. The Balaban J connectivity index is 2.43. The van der Waals surface area contributed by atoms with Gasteiger partial charge in [0.2, 0.25) is 0 Å². The van der Waals surface area contributed by atoms with Crippen LogP contribution in [-0.2, 0) is 16.7 Å². The Hall–Kier alpha value is -1.14. The maximum Gasteiger partial charge on any atom is 0.170 e. The molecule has 6 heteroatoms. The van der Waals surface area contributed by atoms with Gasteiger partial charge in [-0.25, -0.2) is 13.0 Å². The third-order valence-corrected chi connectivity index (χ3v) is 2.52. The first-order valence-corrected chi connectivity index (χ1v) is 5.73. The molecule has 0 aliphatic rings. The SMILES string of the molecule is Nc1cc[n+](CCCS(=O)(=O)[O-])cc1. The van der Waals surface area contributed by atoms with Crippen LogP contribution >= 0.6 is 0 Å². The van der Waals surface area contributed by atoms with E-state index in [4.69, 9.17) is 5.73 Å². The first kappa shape index (κ1) is 10.9. The summed E-state index contributed by atoms with van der Waals surface area (Å²) < 4.78 is 32.7. The van der Waals surface area contributed by atoms with Gasteiger partial charge in [0, 0.05) is 30.0 Å². The second-order valence-corrected chi connectivity index (χ2v) is 4.51. The molecule has 0 aromatic carbocycles. The van der Waals surface area contributed by atoms with Crippen molar-refractivity contribution in [3.05, 3.63) is 24.5 Å². The zero-order chi connectivity index (χ0) is 10.6. The van der Waals surface area contributed by atoms with Crippen molar-refractivity contribution in [2.45, 2.75) is 13.0 Å². The zero-order valence-electron chi connectivity index (χ0n) is 7.59. The van der Waals surface area contributed by atoms with E-state index in [0.29, 0.717) is 18.7 Å². The summed E-state index contributed by atoms with van der Waals surface area (Å²) in [5.74, 6) is -0.329. The normalized spacial score (nSPS) is 11.5. The number of anilines is 1. The lowest BCUT2D eigenvalue weighted by Gasteiger charge is -2.03. The molecule has 0 unspecified atom stereocenters. The van der Waals surface area contributed by atoms with Gasteiger partial charge in [0.05, 0.1) is 10.1 Å². The van der Waals surface area contributed by atoms with E-state index in [2.05, 4.69) is 0 Å². The summed E-state index contributed by atoms with van der Waals surface area (Å²) in [6.45, 7) is 0.502. The summed E-state index contributed by atoms with van der Waals surface area (Å²) in [5.41, 5.74) is 6.12. The average Bonchev–Trinajstić information content (AvgIpc) is 2.06. The minimum absolute atomic E-state index is 0.320. The highest BCUT2D eigenvalue weighted by atomic mass is 32.2. The number of aromatic nitrogens is 1. The fourth-order valence-electron chi connectivity index (χ4n) is 1.04. The molecule has 5 nitrogen and oxygen atoms in total. The standard InChI is InChI=1S/C8H12N2O3S/c9-8-2-5-10(6-3-8)4-1-7-14(11,12)13/h2-3,5-6,9H,1,4,7H2,(H,11,12,13). The van der Waals surface area contributed by atoms with Gasteiger partial charge in [-0.15, -0.1) is 0 Å². The summed E-state index contributed by atoms with van der Waals surface area (Å²) in [6.07, 6.45) is 3.81. The highest BCUT2D eigenvalue weighted by Crippen LogP contribution is 1.94. The van der Waals surface area contributed by atoms with Gasteiger partial charge in [0.25, 0.3) is 0 Å². The van der Waals surface area contributed by atoms with Gasteiger partial charge in [-0.3, -0.25) is 0 Å². The first-order chi connectivity index (χ1) is 6.47. The molecule has 0 aliphatic heterocycles. The average molecular weight is 216 g/mol. The van der Waals surface area contributed by atoms with E-state index in [0.717, 1.165) is 0 Å². The molecule has 1 aromatic heterocycles. The first-order valence-electron chi connectivity index (χ1n) is 4.15. The van der Waals surface area contributed by atoms with E-state index in [1.54, 1.807) is 29.1 Å². The van der Waals surface area contributed by atoms with Crippen LogP contribution in [0.5, 0.6) is 0 Å². The summed E-state index contributed by atoms with van der Waals surface area (Å²) >= 11 is 0. The minimum Gasteiger partial charge on any atom is -0.748 e. The van der Waals surface area contributed by atoms with Crippen molar-refractivity contribution in [1.29, 1.82) is 0 Å². The smallest absolute Gasteiger partial charge is 0.170 e. The van der Waals surface area contributed by atoms with E-state index in [-0.39, 0.29) is 5.75 Å². The second-order valence-electron chi connectivity index (χ2n) is 2.98. The highest BCUT2D eigenvalue weighted by Gasteiger charge is 2.01. The molecule has 0 atom stereocenters. The van der Waals surface area contributed by atoms with Crippen LogP contribution < -0.4 is 10.3 Å². The topological polar surface area (TPSA) is 87.1 Å². The number of nitrogens with two attached hydrogens (primary N) is 1. The van der Waals surface area contributed by atoms with Crippen molar-refractivity contribution in [3.8, 4) is 0 Å². The van der Waals surface area contributed by atoms with E-state index >= 15 is 0 Å². The van der Waals surface area contributed by atoms with Crippen molar-refractivity contribution in [3.63, 3.8) is 0 Å². The zero-order valence-corrected chi connectivity index (χ0v) is 8.40. The summed E-state index contributed by atoms with van der Waals surface area (Å²) in [7, 11) is -4.09. The molecule has 2 N–H and O–H groups in total. The highest BCUT2D eigenvalue weighted by molar-refractivity contribution is 7.85. The van der Waals surface area contributed by atoms with Gasteiger partial charge < -0.3 is 10.3 Å². The van der Waals surface area contributed by atoms with Crippen molar-refractivity contribution < 1.29 is 17.5 Å². The minimum atomic E-state index is -4.09. The molecular weight excluding hydrogens is 204 g/mol. The van der Waals surface area contributed by atoms with Crippen LogP contribution in [0.4, 0.5) is 5.69 Å². The lowest BCUT2D eigenvalue weighted by molar-refractivity contribution is -0.696. The maximum atomic E-state index is 10.3. The Morgan fingerprint density at radius 3 is 2.43 bits per heavy atom. The third kappa shape index (κ3) is 4.20. The van der Waals surface area contributed by atoms with E-state index in [9.17, 15) is 13.0 Å². The fraction of sp³-hybridized carbons (Fsp3) is 0.375. The number of pyridine rings is 1. The predicted octanol–water partition coefficient (Wildman–Crippen LogP) is -0.508. The lowest BCUT2D eigenvalue weighted by atomic mass is 10.4. The van der Waals surface area contributed by atoms with Gasteiger partial charge in [-0.05, 0) is 0 Å². The summed E-state index contributed by atoms with van der Waals surface area (Å²) in [4.78, 5) is 0. The van der Waals surface area contributed by atoms with Crippen LogP contribution in [0, 0.1) is 0 Å². The fourth-order valence-corrected chi connectivity index (χ4v) is 1.52. The summed E-state index contributed by atoms with van der Waals surface area (Å²) in [6, 6.07) is 3.43. The van der Waals surface area contributed by atoms with Crippen molar-refractivity contribution >= 4 is 15.8 Å². The Labute approximate surface area is 82.9 Å². The molecule has 0 spiro atoms. The van der Waals surface area contributed by atoms with Gasteiger partial charge in [-0.1, -0.05) is 0 Å². The van der Waals surface area contributed by atoms with Crippen LogP contribution in [0.15, 0.2) is 24.5 Å². The van der Waals surface area contributed by atoms with Crippen LogP contribution in [0.3, 0.4) is 0 Å². The number of hydrogen-bond donors (Lipinski definition) is 1. The number of nitrogen functional groups attached to an aromatic ring is 1. The van der Waals surface area contributed by atoms with Gasteiger partial charge in [0.15, 0.2) is 12.4 Å². The molecule has 14 heavy (non-hydrogen) atoms. The van der Waals surface area contributed by atoms with Gasteiger partial charge in [-0.2, -0.15) is 0 Å². The molecule has 1 heterocycles. The van der Waals surface area contributed by atoms with Crippen molar-refractivity contribution in [2.24, 2.45) is 0 Å². The van der Waals surface area contributed by atoms with E-state index in [1.165, 1.54) is 0 Å². The number of rotatable bonds is 4. The molecular formula is C8H12N2O3S. The molecule has 0 saturated carbocycles. The third-order valence-electron chi connectivity index (χ3n) is 1.73. The molecule has 1 rings (SSSR count). The van der Waals surface area contributed by atoms with Crippen LogP contribution in [-0.4, -0.2) is 18.7 Å². The van der Waals surface area contributed by atoms with E-state index < -0.39 is 10.1 Å².